The molecule has 0 aromatic heterocycles. The van der Waals surface area contributed by atoms with E-state index in [0.717, 1.165) is 26.1 Å². The largest absolute Gasteiger partial charge is 0.366 e. The van der Waals surface area contributed by atoms with Crippen LogP contribution in [-0.2, 0) is 6.54 Å². The number of hydrogen-bond donors (Lipinski definition) is 2. The van der Waals surface area contributed by atoms with Crippen LogP contribution in [0.5, 0.6) is 0 Å². The van der Waals surface area contributed by atoms with E-state index in [-0.39, 0.29) is 18.3 Å². The Hall–Kier alpha value is -1.10. The molecule has 1 aromatic rings. The van der Waals surface area contributed by atoms with Crippen molar-refractivity contribution in [1.29, 1.82) is 0 Å². The molecule has 1 aliphatic rings. The molecule has 1 amide bonds. The molecule has 1 aromatic carbocycles. The molecule has 1 aliphatic heterocycles. The molecule has 0 bridgehead atoms. The maximum atomic E-state index is 10.9. The Labute approximate surface area is 107 Å². The van der Waals surface area contributed by atoms with Crippen LogP contribution in [0.1, 0.15) is 22.3 Å². The summed E-state index contributed by atoms with van der Waals surface area (Å²) in [4.78, 5) is 13.2. The highest BCUT2D eigenvalue weighted by molar-refractivity contribution is 5.92. The monoisotopic (exact) mass is 255 g/mol. The summed E-state index contributed by atoms with van der Waals surface area (Å²) in [5.74, 6) is -0.380. The van der Waals surface area contributed by atoms with Crippen LogP contribution in [0.4, 0.5) is 0 Å². The number of nitrogens with zero attached hydrogens (tertiary/aromatic N) is 1. The Morgan fingerprint density at radius 3 is 2.47 bits per heavy atom. The van der Waals surface area contributed by atoms with Gasteiger partial charge in [-0.2, -0.15) is 0 Å². The smallest absolute Gasteiger partial charge is 0.248 e. The van der Waals surface area contributed by atoms with E-state index in [1.165, 1.54) is 5.56 Å². The molecule has 0 unspecified atom stereocenters. The summed E-state index contributed by atoms with van der Waals surface area (Å²) < 4.78 is 0. The highest BCUT2D eigenvalue weighted by Gasteiger charge is 2.18. The van der Waals surface area contributed by atoms with Gasteiger partial charge in [-0.1, -0.05) is 12.1 Å². The van der Waals surface area contributed by atoms with Crippen LogP contribution in [-0.4, -0.2) is 29.9 Å². The lowest BCUT2D eigenvalue weighted by atomic mass is 10.1. The zero-order chi connectivity index (χ0) is 11.5. The van der Waals surface area contributed by atoms with Gasteiger partial charge in [-0.15, -0.1) is 12.4 Å². The molecule has 0 aliphatic carbocycles. The zero-order valence-corrected chi connectivity index (χ0v) is 10.5. The van der Waals surface area contributed by atoms with Gasteiger partial charge in [-0.05, 0) is 24.1 Å². The van der Waals surface area contributed by atoms with Crippen molar-refractivity contribution in [2.45, 2.75) is 19.0 Å². The maximum Gasteiger partial charge on any atom is 0.248 e. The number of nitrogens with two attached hydrogens (primary N) is 2. The van der Waals surface area contributed by atoms with Crippen molar-refractivity contribution >= 4 is 18.3 Å². The van der Waals surface area contributed by atoms with Crippen LogP contribution in [0.2, 0.25) is 0 Å². The van der Waals surface area contributed by atoms with E-state index < -0.39 is 0 Å². The van der Waals surface area contributed by atoms with Gasteiger partial charge in [-0.25, -0.2) is 0 Å². The van der Waals surface area contributed by atoms with Gasteiger partial charge < -0.3 is 11.5 Å². The summed E-state index contributed by atoms with van der Waals surface area (Å²) in [6, 6.07) is 7.75. The summed E-state index contributed by atoms with van der Waals surface area (Å²) >= 11 is 0. The Bertz CT molecular complexity index is 380. The average Bonchev–Trinajstić information content (AvgIpc) is 2.65. The third-order valence-electron chi connectivity index (χ3n) is 2.95. The highest BCUT2D eigenvalue weighted by atomic mass is 35.5. The molecular weight excluding hydrogens is 238 g/mol. The van der Waals surface area contributed by atoms with Gasteiger partial charge in [0.25, 0.3) is 0 Å². The number of primary amides is 1. The molecule has 5 heteroatoms. The van der Waals surface area contributed by atoms with E-state index in [4.69, 9.17) is 11.5 Å². The van der Waals surface area contributed by atoms with Gasteiger partial charge in [0.05, 0.1) is 0 Å². The fraction of sp³-hybridized carbons (Fsp3) is 0.417. The number of hydrogen-bond acceptors (Lipinski definition) is 3. The first kappa shape index (κ1) is 14.0. The zero-order valence-electron chi connectivity index (χ0n) is 9.63. The van der Waals surface area contributed by atoms with Crippen molar-refractivity contribution in [3.05, 3.63) is 35.4 Å². The Kier molecular flexibility index (Phi) is 4.93. The van der Waals surface area contributed by atoms with Crippen LogP contribution in [0.25, 0.3) is 0 Å². The van der Waals surface area contributed by atoms with Crippen LogP contribution < -0.4 is 11.5 Å². The number of likely N-dealkylation sites (tertiary alicyclic amines) is 1. The predicted octanol–water partition coefficient (Wildman–Crippen LogP) is 0.740. The summed E-state index contributed by atoms with van der Waals surface area (Å²) in [7, 11) is 0. The molecule has 0 spiro atoms. The summed E-state index contributed by atoms with van der Waals surface area (Å²) in [6.07, 6.45) is 1.07. The van der Waals surface area contributed by atoms with E-state index in [1.807, 2.05) is 12.1 Å². The quantitative estimate of drug-likeness (QED) is 0.837. The number of rotatable bonds is 3. The first-order valence-electron chi connectivity index (χ1n) is 5.52. The average molecular weight is 256 g/mol. The van der Waals surface area contributed by atoms with Gasteiger partial charge >= 0.3 is 0 Å². The molecule has 1 heterocycles. The fourth-order valence-corrected chi connectivity index (χ4v) is 2.04. The molecule has 0 radical (unpaired) electrons. The minimum atomic E-state index is -0.380. The molecule has 4 N–H and O–H groups in total. The molecule has 4 nitrogen and oxygen atoms in total. The molecule has 1 fully saturated rings. The van der Waals surface area contributed by atoms with Crippen LogP contribution in [0.3, 0.4) is 0 Å². The standard InChI is InChI=1S/C12H17N3O.ClH/c13-11-5-6-15(8-11)7-9-1-3-10(4-2-9)12(14)16;/h1-4,11H,5-8,13H2,(H2,14,16);1H/t11-;/m0./s1. The third-order valence-corrected chi connectivity index (χ3v) is 2.95. The molecule has 17 heavy (non-hydrogen) atoms. The van der Waals surface area contributed by atoms with E-state index in [0.29, 0.717) is 11.6 Å². The Morgan fingerprint density at radius 2 is 2.00 bits per heavy atom. The second-order valence-electron chi connectivity index (χ2n) is 4.35. The minimum Gasteiger partial charge on any atom is -0.366 e. The molecule has 94 valence electrons. The van der Waals surface area contributed by atoms with Crippen LogP contribution in [0.15, 0.2) is 24.3 Å². The number of amides is 1. The molecule has 1 saturated heterocycles. The summed E-state index contributed by atoms with van der Waals surface area (Å²) in [5, 5.41) is 0. The van der Waals surface area contributed by atoms with E-state index in [2.05, 4.69) is 4.90 Å². The first-order chi connectivity index (χ1) is 7.65. The fourth-order valence-electron chi connectivity index (χ4n) is 2.04. The summed E-state index contributed by atoms with van der Waals surface area (Å²) in [6.45, 7) is 2.91. The van der Waals surface area contributed by atoms with Gasteiger partial charge in [0, 0.05) is 31.2 Å². The highest BCUT2D eigenvalue weighted by Crippen LogP contribution is 2.12. The lowest BCUT2D eigenvalue weighted by Crippen LogP contribution is -2.26. The van der Waals surface area contributed by atoms with E-state index in [1.54, 1.807) is 12.1 Å². The van der Waals surface area contributed by atoms with Crippen molar-refractivity contribution < 1.29 is 4.79 Å². The normalized spacial score (nSPS) is 19.9. The van der Waals surface area contributed by atoms with Crippen molar-refractivity contribution in [2.24, 2.45) is 11.5 Å². The Balaban J connectivity index is 0.00000144. The minimum absolute atomic E-state index is 0. The number of carbonyl (C=O) groups is 1. The second-order valence-corrected chi connectivity index (χ2v) is 4.35. The van der Waals surface area contributed by atoms with Gasteiger partial charge in [-0.3, -0.25) is 9.69 Å². The summed E-state index contributed by atoms with van der Waals surface area (Å²) in [5.41, 5.74) is 12.8. The molecular formula is C12H18ClN3O. The van der Waals surface area contributed by atoms with Crippen molar-refractivity contribution in [3.8, 4) is 0 Å². The maximum absolute atomic E-state index is 10.9. The number of carbonyl (C=O) groups excluding carboxylic acids is 1. The SMILES string of the molecule is Cl.NC(=O)c1ccc(CN2CC[C@H](N)C2)cc1. The van der Waals surface area contributed by atoms with E-state index in [9.17, 15) is 4.79 Å². The van der Waals surface area contributed by atoms with E-state index >= 15 is 0 Å². The lowest BCUT2D eigenvalue weighted by molar-refractivity contribution is 0.100. The van der Waals surface area contributed by atoms with Gasteiger partial charge in [0.15, 0.2) is 0 Å². The second kappa shape index (κ2) is 6.00. The van der Waals surface area contributed by atoms with Gasteiger partial charge in [0.2, 0.25) is 5.91 Å². The number of benzene rings is 1. The molecule has 1 atom stereocenters. The number of halogens is 1. The predicted molar refractivity (Wildman–Crippen MR) is 70.1 cm³/mol. The van der Waals surface area contributed by atoms with Crippen molar-refractivity contribution in [1.82, 2.24) is 4.90 Å². The van der Waals surface area contributed by atoms with Crippen molar-refractivity contribution in [3.63, 3.8) is 0 Å². The van der Waals surface area contributed by atoms with Gasteiger partial charge in [0.1, 0.15) is 0 Å². The van der Waals surface area contributed by atoms with Crippen LogP contribution >= 0.6 is 12.4 Å². The van der Waals surface area contributed by atoms with Crippen molar-refractivity contribution in [2.75, 3.05) is 13.1 Å². The first-order valence-corrected chi connectivity index (χ1v) is 5.52. The topological polar surface area (TPSA) is 72.4 Å². The third kappa shape index (κ3) is 3.70. The lowest BCUT2D eigenvalue weighted by Gasteiger charge is -2.15. The van der Waals surface area contributed by atoms with Crippen LogP contribution in [0, 0.1) is 0 Å². The molecule has 2 rings (SSSR count). The molecule has 0 saturated carbocycles. The Morgan fingerprint density at radius 1 is 1.35 bits per heavy atom.